The Morgan fingerprint density at radius 3 is 2.35 bits per heavy atom. The number of rotatable bonds is 6. The van der Waals surface area contributed by atoms with E-state index in [0.29, 0.717) is 18.2 Å². The summed E-state index contributed by atoms with van der Waals surface area (Å²) < 4.78 is 0. The van der Waals surface area contributed by atoms with Crippen molar-refractivity contribution in [2.45, 2.75) is 62.8 Å². The molecular formula is C29H38N4O7. The van der Waals surface area contributed by atoms with E-state index in [1.807, 2.05) is 19.0 Å². The minimum Gasteiger partial charge on any atom is -0.508 e. The van der Waals surface area contributed by atoms with Gasteiger partial charge in [-0.25, -0.2) is 0 Å². The largest absolute Gasteiger partial charge is 0.508 e. The molecule has 0 aromatic heterocycles. The zero-order valence-electron chi connectivity index (χ0n) is 23.3. The average molecular weight is 555 g/mol. The van der Waals surface area contributed by atoms with Crippen LogP contribution in [0.5, 0.6) is 5.75 Å². The third-order valence-electron chi connectivity index (χ3n) is 9.16. The number of hydrogen-bond acceptors (Lipinski definition) is 10. The number of amides is 1. The Labute approximate surface area is 232 Å². The van der Waals surface area contributed by atoms with Gasteiger partial charge >= 0.3 is 0 Å². The second kappa shape index (κ2) is 9.90. The first-order valence-electron chi connectivity index (χ1n) is 13.7. The summed E-state index contributed by atoms with van der Waals surface area (Å²) in [6.07, 6.45) is 4.87. The molecule has 4 aliphatic rings. The Hall–Kier alpha value is -3.41. The number of phenolic OH excluding ortho intramolecular Hbond substituents is 1. The summed E-state index contributed by atoms with van der Waals surface area (Å²) in [5, 5.41) is 48.9. The van der Waals surface area contributed by atoms with Crippen molar-refractivity contribution < 1.29 is 34.8 Å². The van der Waals surface area contributed by atoms with Crippen LogP contribution in [0.2, 0.25) is 0 Å². The number of nitrogens with zero attached hydrogens (tertiary/aromatic N) is 2. The van der Waals surface area contributed by atoms with Gasteiger partial charge in [0.25, 0.3) is 5.91 Å². The smallest absolute Gasteiger partial charge is 0.255 e. The van der Waals surface area contributed by atoms with E-state index in [1.54, 1.807) is 20.2 Å². The number of carbonyl (C=O) groups is 3. The van der Waals surface area contributed by atoms with Crippen LogP contribution in [0.15, 0.2) is 23.0 Å². The molecule has 40 heavy (non-hydrogen) atoms. The van der Waals surface area contributed by atoms with Crippen molar-refractivity contribution in [1.29, 1.82) is 0 Å². The van der Waals surface area contributed by atoms with Crippen LogP contribution in [0.1, 0.15) is 48.8 Å². The van der Waals surface area contributed by atoms with E-state index in [2.05, 4.69) is 5.32 Å². The highest BCUT2D eigenvalue weighted by atomic mass is 16.3. The minimum absolute atomic E-state index is 0.0595. The number of benzene rings is 1. The Morgan fingerprint density at radius 2 is 1.77 bits per heavy atom. The molecule has 11 nitrogen and oxygen atoms in total. The van der Waals surface area contributed by atoms with Gasteiger partial charge in [-0.3, -0.25) is 19.3 Å². The number of phenols is 1. The van der Waals surface area contributed by atoms with Crippen molar-refractivity contribution >= 4 is 28.9 Å². The van der Waals surface area contributed by atoms with Crippen LogP contribution in [0.3, 0.4) is 0 Å². The molecule has 2 fully saturated rings. The number of likely N-dealkylation sites (N-methyl/N-ethyl adjacent to an activating group) is 1. The maximum atomic E-state index is 14.0. The SMILES string of the molecule is CN(C)c1c(CNC2CCCC2)cc(O)c2c1C[C@H]1C[C@H]3[C@H](N(C)C)C(=O)C(C(N)=O)=C(O)[C@@]3(O)C(=O)C1=C2O. The maximum Gasteiger partial charge on any atom is 0.255 e. The molecule has 1 amide bonds. The predicted octanol–water partition coefficient (Wildman–Crippen LogP) is 1.06. The van der Waals surface area contributed by atoms with Gasteiger partial charge in [-0.2, -0.15) is 0 Å². The van der Waals surface area contributed by atoms with Crippen molar-refractivity contribution in [3.8, 4) is 5.75 Å². The van der Waals surface area contributed by atoms with Crippen LogP contribution in [-0.4, -0.2) is 88.7 Å². The number of aromatic hydroxyl groups is 1. The van der Waals surface area contributed by atoms with Crippen molar-refractivity contribution in [3.63, 3.8) is 0 Å². The second-order valence-electron chi connectivity index (χ2n) is 12.0. The second-order valence-corrected chi connectivity index (χ2v) is 12.0. The van der Waals surface area contributed by atoms with E-state index < -0.39 is 58.0 Å². The van der Waals surface area contributed by atoms with Gasteiger partial charge in [0.05, 0.1) is 11.6 Å². The van der Waals surface area contributed by atoms with E-state index in [0.717, 1.165) is 24.1 Å². The van der Waals surface area contributed by atoms with Gasteiger partial charge in [-0.15, -0.1) is 0 Å². The number of nitrogens with one attached hydrogen (secondary N) is 1. The number of aliphatic hydroxyl groups excluding tert-OH is 2. The van der Waals surface area contributed by atoms with Gasteiger partial charge in [0.15, 0.2) is 11.4 Å². The maximum absolute atomic E-state index is 14.0. The Bertz CT molecular complexity index is 1360. The number of anilines is 1. The lowest BCUT2D eigenvalue weighted by molar-refractivity contribution is -0.153. The lowest BCUT2D eigenvalue weighted by Gasteiger charge is -2.50. The lowest BCUT2D eigenvalue weighted by Crippen LogP contribution is -2.65. The Kier molecular flexibility index (Phi) is 6.96. The molecule has 0 bridgehead atoms. The van der Waals surface area contributed by atoms with Gasteiger partial charge in [-0.05, 0) is 62.9 Å². The number of primary amides is 1. The molecule has 2 saturated carbocycles. The summed E-state index contributed by atoms with van der Waals surface area (Å²) in [5.41, 5.74) is 4.21. The van der Waals surface area contributed by atoms with Crippen LogP contribution in [0, 0.1) is 11.8 Å². The summed E-state index contributed by atoms with van der Waals surface area (Å²) in [5.74, 6) is -6.51. The van der Waals surface area contributed by atoms with Gasteiger partial charge in [0.2, 0.25) is 5.78 Å². The fourth-order valence-corrected chi connectivity index (χ4v) is 7.44. The predicted molar refractivity (Wildman–Crippen MR) is 148 cm³/mol. The Balaban J connectivity index is 1.66. The van der Waals surface area contributed by atoms with Crippen molar-refractivity contribution in [2.75, 3.05) is 33.1 Å². The standard InChI is InChI=1S/C29H38N4O7/c1-32(2)22-14(12-31-15-7-5-6-8-15)11-18(34)20-16(22)9-13-10-17-23(33(3)4)25(36)21(28(30)39)27(38)29(17,40)26(37)19(13)24(20)35/h11,13,15,17,23,31,34-35,38,40H,5-10,12H2,1-4H3,(H2,30,39)/t13-,17-,23-,29-/m0/s1. The number of carbonyl (C=O) groups excluding carboxylic acids is 3. The van der Waals surface area contributed by atoms with E-state index >= 15 is 0 Å². The summed E-state index contributed by atoms with van der Waals surface area (Å²) >= 11 is 0. The van der Waals surface area contributed by atoms with Crippen LogP contribution in [0.25, 0.3) is 5.76 Å². The molecule has 11 heteroatoms. The van der Waals surface area contributed by atoms with Crippen molar-refractivity contribution in [2.24, 2.45) is 17.6 Å². The monoisotopic (exact) mass is 554 g/mol. The van der Waals surface area contributed by atoms with E-state index in [1.165, 1.54) is 17.7 Å². The first-order valence-corrected chi connectivity index (χ1v) is 13.7. The minimum atomic E-state index is -2.64. The first kappa shape index (κ1) is 28.1. The van der Waals surface area contributed by atoms with E-state index in [9.17, 15) is 34.8 Å². The highest BCUT2D eigenvalue weighted by Gasteiger charge is 2.64. The van der Waals surface area contributed by atoms with E-state index in [4.69, 9.17) is 5.73 Å². The highest BCUT2D eigenvalue weighted by Crippen LogP contribution is 2.54. The van der Waals surface area contributed by atoms with Crippen molar-refractivity contribution in [1.82, 2.24) is 10.2 Å². The number of hydrogen-bond donors (Lipinski definition) is 6. The fraction of sp³-hybridized carbons (Fsp3) is 0.552. The topological polar surface area (TPSA) is 177 Å². The third-order valence-corrected chi connectivity index (χ3v) is 9.16. The molecule has 0 aliphatic heterocycles. The molecule has 4 aliphatic carbocycles. The molecule has 1 aromatic carbocycles. The molecule has 0 spiro atoms. The van der Waals surface area contributed by atoms with Gasteiger partial charge in [0, 0.05) is 43.9 Å². The molecular weight excluding hydrogens is 516 g/mol. The molecule has 7 N–H and O–H groups in total. The highest BCUT2D eigenvalue weighted by molar-refractivity contribution is 6.24. The number of fused-ring (bicyclic) bond motifs is 3. The fourth-order valence-electron chi connectivity index (χ4n) is 7.44. The quantitative estimate of drug-likeness (QED) is 0.279. The molecule has 0 heterocycles. The van der Waals surface area contributed by atoms with Gasteiger partial charge in [-0.1, -0.05) is 12.8 Å². The number of aliphatic hydroxyl groups is 3. The molecule has 1 aromatic rings. The summed E-state index contributed by atoms with van der Waals surface area (Å²) in [7, 11) is 6.92. The lowest BCUT2D eigenvalue weighted by atomic mass is 9.57. The van der Waals surface area contributed by atoms with Crippen molar-refractivity contribution in [3.05, 3.63) is 39.7 Å². The molecule has 0 saturated heterocycles. The zero-order valence-corrected chi connectivity index (χ0v) is 23.3. The number of nitrogens with two attached hydrogens (primary N) is 1. The summed E-state index contributed by atoms with van der Waals surface area (Å²) in [4.78, 5) is 42.8. The first-order chi connectivity index (χ1) is 18.8. The summed E-state index contributed by atoms with van der Waals surface area (Å²) in [6, 6.07) is 0.878. The zero-order chi connectivity index (χ0) is 29.3. The molecule has 5 rings (SSSR count). The Morgan fingerprint density at radius 1 is 1.12 bits per heavy atom. The van der Waals surface area contributed by atoms with Crippen LogP contribution in [-0.2, 0) is 27.3 Å². The number of Topliss-reactive ketones (excluding diaryl/α,β-unsaturated/α-hetero) is 2. The van der Waals surface area contributed by atoms with Gasteiger partial charge < -0.3 is 36.4 Å². The molecule has 216 valence electrons. The summed E-state index contributed by atoms with van der Waals surface area (Å²) in [6.45, 7) is 0.522. The molecule has 0 unspecified atom stereocenters. The van der Waals surface area contributed by atoms with Crippen LogP contribution < -0.4 is 16.0 Å². The molecule has 4 atom stereocenters. The number of ketones is 2. The molecule has 0 radical (unpaired) electrons. The van der Waals surface area contributed by atoms with E-state index in [-0.39, 0.29) is 29.7 Å². The normalized spacial score (nSPS) is 28.6. The van der Waals surface area contributed by atoms with Crippen LogP contribution in [0.4, 0.5) is 5.69 Å². The van der Waals surface area contributed by atoms with Gasteiger partial charge in [0.1, 0.15) is 22.8 Å². The third kappa shape index (κ3) is 4.02. The van der Waals surface area contributed by atoms with Crippen LogP contribution >= 0.6 is 0 Å². The average Bonchev–Trinajstić information content (AvgIpc) is 3.38.